The van der Waals surface area contributed by atoms with Crippen LogP contribution < -0.4 is 0 Å². The zero-order chi connectivity index (χ0) is 10.6. The SMILES string of the molecule is O=[N+]([O-])c1cccc(CC(O)CO)c1. The lowest BCUT2D eigenvalue weighted by molar-refractivity contribution is -0.384. The highest BCUT2D eigenvalue weighted by Gasteiger charge is 2.08. The molecule has 5 heteroatoms. The number of rotatable bonds is 4. The van der Waals surface area contributed by atoms with Gasteiger partial charge in [-0.25, -0.2) is 0 Å². The molecule has 1 atom stereocenters. The van der Waals surface area contributed by atoms with Crippen LogP contribution >= 0.6 is 0 Å². The Morgan fingerprint density at radius 2 is 2.21 bits per heavy atom. The van der Waals surface area contributed by atoms with E-state index in [1.807, 2.05) is 0 Å². The largest absolute Gasteiger partial charge is 0.394 e. The minimum absolute atomic E-state index is 0.00682. The first-order valence-electron chi connectivity index (χ1n) is 4.15. The second kappa shape index (κ2) is 4.69. The lowest BCUT2D eigenvalue weighted by Crippen LogP contribution is -2.14. The van der Waals surface area contributed by atoms with Gasteiger partial charge in [-0.1, -0.05) is 12.1 Å². The lowest BCUT2D eigenvalue weighted by Gasteiger charge is -2.05. The fourth-order valence-corrected chi connectivity index (χ4v) is 1.13. The van der Waals surface area contributed by atoms with Gasteiger partial charge in [-0.2, -0.15) is 0 Å². The topological polar surface area (TPSA) is 83.6 Å². The van der Waals surface area contributed by atoms with Crippen LogP contribution in [0.15, 0.2) is 24.3 Å². The summed E-state index contributed by atoms with van der Waals surface area (Å²) in [5.41, 5.74) is 0.633. The van der Waals surface area contributed by atoms with E-state index < -0.39 is 11.0 Å². The third-order valence-electron chi connectivity index (χ3n) is 1.80. The van der Waals surface area contributed by atoms with Gasteiger partial charge in [-0.3, -0.25) is 10.1 Å². The van der Waals surface area contributed by atoms with E-state index in [1.165, 1.54) is 12.1 Å². The molecule has 0 heterocycles. The number of benzene rings is 1. The molecule has 1 aromatic rings. The van der Waals surface area contributed by atoms with Crippen LogP contribution in [0.3, 0.4) is 0 Å². The molecule has 5 nitrogen and oxygen atoms in total. The molecule has 0 bridgehead atoms. The van der Waals surface area contributed by atoms with Crippen LogP contribution in [-0.4, -0.2) is 27.8 Å². The van der Waals surface area contributed by atoms with Crippen LogP contribution in [0.4, 0.5) is 5.69 Å². The van der Waals surface area contributed by atoms with Crippen molar-refractivity contribution in [2.75, 3.05) is 6.61 Å². The molecule has 76 valence electrons. The van der Waals surface area contributed by atoms with Gasteiger partial charge in [-0.15, -0.1) is 0 Å². The van der Waals surface area contributed by atoms with Gasteiger partial charge in [0.15, 0.2) is 0 Å². The van der Waals surface area contributed by atoms with Gasteiger partial charge in [-0.05, 0) is 5.56 Å². The fourth-order valence-electron chi connectivity index (χ4n) is 1.13. The van der Waals surface area contributed by atoms with Crippen molar-refractivity contribution in [3.63, 3.8) is 0 Å². The summed E-state index contributed by atoms with van der Waals surface area (Å²) in [6.07, 6.45) is -0.643. The van der Waals surface area contributed by atoms with Crippen LogP contribution in [0.25, 0.3) is 0 Å². The van der Waals surface area contributed by atoms with E-state index in [1.54, 1.807) is 12.1 Å². The zero-order valence-corrected chi connectivity index (χ0v) is 7.46. The number of hydrogen-bond acceptors (Lipinski definition) is 4. The molecular weight excluding hydrogens is 186 g/mol. The number of nitrogens with zero attached hydrogens (tertiary/aromatic N) is 1. The highest BCUT2D eigenvalue weighted by molar-refractivity contribution is 5.34. The lowest BCUT2D eigenvalue weighted by atomic mass is 10.1. The van der Waals surface area contributed by atoms with Crippen molar-refractivity contribution < 1.29 is 15.1 Å². The van der Waals surface area contributed by atoms with Crippen molar-refractivity contribution in [2.45, 2.75) is 12.5 Å². The Morgan fingerprint density at radius 3 is 2.79 bits per heavy atom. The van der Waals surface area contributed by atoms with Crippen LogP contribution in [-0.2, 0) is 6.42 Å². The summed E-state index contributed by atoms with van der Waals surface area (Å²) in [5, 5.41) is 28.1. The van der Waals surface area contributed by atoms with Crippen molar-refractivity contribution in [2.24, 2.45) is 0 Å². The molecule has 0 aromatic heterocycles. The monoisotopic (exact) mass is 197 g/mol. The van der Waals surface area contributed by atoms with Crippen molar-refractivity contribution in [3.05, 3.63) is 39.9 Å². The van der Waals surface area contributed by atoms with E-state index in [-0.39, 0.29) is 18.7 Å². The van der Waals surface area contributed by atoms with Gasteiger partial charge in [0.25, 0.3) is 5.69 Å². The molecule has 0 amide bonds. The number of non-ortho nitro benzene ring substituents is 1. The molecule has 0 saturated heterocycles. The Bertz CT molecular complexity index is 326. The second-order valence-corrected chi connectivity index (χ2v) is 2.97. The number of hydrogen-bond donors (Lipinski definition) is 2. The molecule has 1 unspecified atom stereocenters. The summed E-state index contributed by atoms with van der Waals surface area (Å²) >= 11 is 0. The minimum atomic E-state index is -0.864. The van der Waals surface area contributed by atoms with Crippen LogP contribution in [0.5, 0.6) is 0 Å². The van der Waals surface area contributed by atoms with Crippen LogP contribution in [0.1, 0.15) is 5.56 Å². The first-order chi connectivity index (χ1) is 6.63. The second-order valence-electron chi connectivity index (χ2n) is 2.97. The molecule has 0 aliphatic carbocycles. The number of aliphatic hydroxyl groups is 2. The average molecular weight is 197 g/mol. The predicted molar refractivity (Wildman–Crippen MR) is 49.9 cm³/mol. The van der Waals surface area contributed by atoms with E-state index in [9.17, 15) is 10.1 Å². The molecule has 0 aliphatic heterocycles. The molecule has 0 radical (unpaired) electrons. The summed E-state index contributed by atoms with van der Waals surface area (Å²) in [4.78, 5) is 9.91. The molecule has 1 rings (SSSR count). The summed E-state index contributed by atoms with van der Waals surface area (Å²) in [6.45, 7) is -0.345. The van der Waals surface area contributed by atoms with E-state index in [4.69, 9.17) is 10.2 Å². The van der Waals surface area contributed by atoms with Crippen molar-refractivity contribution >= 4 is 5.69 Å². The van der Waals surface area contributed by atoms with Gasteiger partial charge in [0.2, 0.25) is 0 Å². The van der Waals surface area contributed by atoms with E-state index in [2.05, 4.69) is 0 Å². The van der Waals surface area contributed by atoms with Crippen LogP contribution in [0.2, 0.25) is 0 Å². The highest BCUT2D eigenvalue weighted by Crippen LogP contribution is 2.14. The molecule has 0 aliphatic rings. The van der Waals surface area contributed by atoms with E-state index in [0.29, 0.717) is 5.56 Å². The Labute approximate surface area is 80.8 Å². The first kappa shape index (κ1) is 10.6. The maximum Gasteiger partial charge on any atom is 0.269 e. The molecule has 0 saturated carbocycles. The third kappa shape index (κ3) is 2.79. The number of nitro benzene ring substituents is 1. The predicted octanol–water partition coefficient (Wildman–Crippen LogP) is 0.490. The standard InChI is InChI=1S/C9H11NO4/c11-6-9(12)5-7-2-1-3-8(4-7)10(13)14/h1-4,9,11-12H,5-6H2. The first-order valence-corrected chi connectivity index (χ1v) is 4.15. The van der Waals surface area contributed by atoms with Gasteiger partial charge in [0.1, 0.15) is 0 Å². The van der Waals surface area contributed by atoms with E-state index >= 15 is 0 Å². The Kier molecular flexibility index (Phi) is 3.55. The molecule has 2 N–H and O–H groups in total. The van der Waals surface area contributed by atoms with Gasteiger partial charge >= 0.3 is 0 Å². The maximum absolute atomic E-state index is 10.4. The Balaban J connectivity index is 2.78. The molecule has 0 spiro atoms. The number of nitro groups is 1. The van der Waals surface area contributed by atoms with Gasteiger partial charge in [0.05, 0.1) is 17.6 Å². The maximum atomic E-state index is 10.4. The van der Waals surface area contributed by atoms with Crippen LogP contribution in [0, 0.1) is 10.1 Å². The highest BCUT2D eigenvalue weighted by atomic mass is 16.6. The molecule has 14 heavy (non-hydrogen) atoms. The quantitative estimate of drug-likeness (QED) is 0.543. The summed E-state index contributed by atoms with van der Waals surface area (Å²) in [7, 11) is 0. The normalized spacial score (nSPS) is 12.4. The van der Waals surface area contributed by atoms with E-state index in [0.717, 1.165) is 0 Å². The fraction of sp³-hybridized carbons (Fsp3) is 0.333. The Hall–Kier alpha value is -1.46. The number of aliphatic hydroxyl groups excluding tert-OH is 2. The summed E-state index contributed by atoms with van der Waals surface area (Å²) in [6, 6.07) is 6.00. The molecule has 0 fully saturated rings. The summed E-state index contributed by atoms with van der Waals surface area (Å²) in [5.74, 6) is 0. The zero-order valence-electron chi connectivity index (χ0n) is 7.46. The van der Waals surface area contributed by atoms with Crippen molar-refractivity contribution in [3.8, 4) is 0 Å². The average Bonchev–Trinajstić information content (AvgIpc) is 2.18. The Morgan fingerprint density at radius 1 is 1.50 bits per heavy atom. The third-order valence-corrected chi connectivity index (χ3v) is 1.80. The van der Waals surface area contributed by atoms with Gasteiger partial charge in [0, 0.05) is 18.6 Å². The summed E-state index contributed by atoms with van der Waals surface area (Å²) < 4.78 is 0. The molecular formula is C9H11NO4. The molecule has 1 aromatic carbocycles. The minimum Gasteiger partial charge on any atom is -0.394 e. The van der Waals surface area contributed by atoms with Gasteiger partial charge < -0.3 is 10.2 Å². The smallest absolute Gasteiger partial charge is 0.269 e. The van der Waals surface area contributed by atoms with Crippen molar-refractivity contribution in [1.82, 2.24) is 0 Å². The van der Waals surface area contributed by atoms with Crippen molar-refractivity contribution in [1.29, 1.82) is 0 Å².